The topological polar surface area (TPSA) is 18.5 Å². The van der Waals surface area contributed by atoms with E-state index in [1.807, 2.05) is 0 Å². The second-order valence-electron chi connectivity index (χ2n) is 4.62. The van der Waals surface area contributed by atoms with Crippen molar-refractivity contribution in [1.82, 2.24) is 0 Å². The molecule has 1 aliphatic heterocycles. The van der Waals surface area contributed by atoms with E-state index in [2.05, 4.69) is 40.8 Å². The molecule has 1 saturated heterocycles. The molecular formula is C8H18O2Si. The van der Waals surface area contributed by atoms with Crippen molar-refractivity contribution in [3.63, 3.8) is 0 Å². The Bertz CT molecular complexity index is 155. The highest BCUT2D eigenvalue weighted by Gasteiger charge is 2.53. The van der Waals surface area contributed by atoms with Crippen molar-refractivity contribution in [2.45, 2.75) is 52.0 Å². The fraction of sp³-hybridized carbons (Fsp3) is 1.00. The molecule has 0 radical (unpaired) electrons. The van der Waals surface area contributed by atoms with Crippen LogP contribution in [0.1, 0.15) is 27.7 Å². The van der Waals surface area contributed by atoms with E-state index in [0.29, 0.717) is 0 Å². The van der Waals surface area contributed by atoms with Crippen LogP contribution < -0.4 is 0 Å². The molecule has 66 valence electrons. The van der Waals surface area contributed by atoms with Crippen LogP contribution in [0, 0.1) is 0 Å². The average molecular weight is 174 g/mol. The largest absolute Gasteiger partial charge is 0.386 e. The third-order valence-corrected chi connectivity index (χ3v) is 4.46. The summed E-state index contributed by atoms with van der Waals surface area (Å²) < 4.78 is 11.7. The molecule has 0 N–H and O–H groups in total. The van der Waals surface area contributed by atoms with Crippen LogP contribution in [-0.4, -0.2) is 19.8 Å². The molecule has 2 nitrogen and oxygen atoms in total. The van der Waals surface area contributed by atoms with E-state index in [1.54, 1.807) is 0 Å². The zero-order valence-electron chi connectivity index (χ0n) is 8.32. The standard InChI is InChI=1S/C8H18O2Si/c1-7(2)8(3,4)10-11(5,6)9-7/h1-6H3. The van der Waals surface area contributed by atoms with Crippen LogP contribution in [0.15, 0.2) is 0 Å². The van der Waals surface area contributed by atoms with Gasteiger partial charge in [0.1, 0.15) is 0 Å². The molecule has 3 heteroatoms. The van der Waals surface area contributed by atoms with E-state index in [-0.39, 0.29) is 11.2 Å². The minimum absolute atomic E-state index is 0.136. The molecule has 11 heavy (non-hydrogen) atoms. The lowest BCUT2D eigenvalue weighted by molar-refractivity contribution is 0.00578. The smallest absolute Gasteiger partial charge is 0.332 e. The van der Waals surface area contributed by atoms with Gasteiger partial charge in [0.15, 0.2) is 0 Å². The molecule has 0 aliphatic carbocycles. The molecular weight excluding hydrogens is 156 g/mol. The summed E-state index contributed by atoms with van der Waals surface area (Å²) in [6.45, 7) is 12.5. The van der Waals surface area contributed by atoms with E-state index in [4.69, 9.17) is 8.85 Å². The molecule has 1 heterocycles. The Balaban J connectivity index is 2.89. The molecule has 0 saturated carbocycles. The van der Waals surface area contributed by atoms with Crippen LogP contribution in [-0.2, 0) is 8.85 Å². The van der Waals surface area contributed by atoms with Crippen LogP contribution in [0.5, 0.6) is 0 Å². The summed E-state index contributed by atoms with van der Waals surface area (Å²) >= 11 is 0. The molecule has 0 aromatic carbocycles. The number of hydrogen-bond acceptors (Lipinski definition) is 2. The molecule has 1 rings (SSSR count). The van der Waals surface area contributed by atoms with Crippen LogP contribution in [0.2, 0.25) is 13.1 Å². The Kier molecular flexibility index (Phi) is 1.75. The lowest BCUT2D eigenvalue weighted by atomic mass is 9.90. The molecule has 0 unspecified atom stereocenters. The maximum atomic E-state index is 5.87. The highest BCUT2D eigenvalue weighted by atomic mass is 28.4. The van der Waals surface area contributed by atoms with E-state index >= 15 is 0 Å². The monoisotopic (exact) mass is 174 g/mol. The summed E-state index contributed by atoms with van der Waals surface area (Å²) in [7, 11) is -1.81. The van der Waals surface area contributed by atoms with E-state index in [1.165, 1.54) is 0 Å². The summed E-state index contributed by atoms with van der Waals surface area (Å²) in [6, 6.07) is 0. The predicted octanol–water partition coefficient (Wildman–Crippen LogP) is 2.29. The first kappa shape index (κ1) is 9.23. The van der Waals surface area contributed by atoms with Gasteiger partial charge in [0, 0.05) is 0 Å². The van der Waals surface area contributed by atoms with Crippen molar-refractivity contribution in [2.75, 3.05) is 0 Å². The van der Waals surface area contributed by atoms with Gasteiger partial charge in [-0.1, -0.05) is 0 Å². The van der Waals surface area contributed by atoms with E-state index in [0.717, 1.165) is 0 Å². The van der Waals surface area contributed by atoms with Gasteiger partial charge in [-0.3, -0.25) is 0 Å². The van der Waals surface area contributed by atoms with Crippen molar-refractivity contribution in [3.8, 4) is 0 Å². The van der Waals surface area contributed by atoms with Gasteiger partial charge in [-0.2, -0.15) is 0 Å². The number of hydrogen-bond donors (Lipinski definition) is 0. The lowest BCUT2D eigenvalue weighted by Crippen LogP contribution is -2.41. The van der Waals surface area contributed by atoms with Crippen LogP contribution in [0.25, 0.3) is 0 Å². The van der Waals surface area contributed by atoms with Gasteiger partial charge in [0.2, 0.25) is 0 Å². The fourth-order valence-corrected chi connectivity index (χ4v) is 4.49. The quantitative estimate of drug-likeness (QED) is 0.525. The molecule has 1 aliphatic rings. The average Bonchev–Trinajstić information content (AvgIpc) is 1.66. The zero-order valence-corrected chi connectivity index (χ0v) is 9.32. The maximum Gasteiger partial charge on any atom is 0.332 e. The highest BCUT2D eigenvalue weighted by molar-refractivity contribution is 6.65. The summed E-state index contributed by atoms with van der Waals surface area (Å²) in [5, 5.41) is 0. The van der Waals surface area contributed by atoms with Gasteiger partial charge < -0.3 is 8.85 Å². The van der Waals surface area contributed by atoms with Crippen molar-refractivity contribution in [2.24, 2.45) is 0 Å². The minimum atomic E-state index is -1.81. The minimum Gasteiger partial charge on any atom is -0.386 e. The van der Waals surface area contributed by atoms with Gasteiger partial charge in [0.05, 0.1) is 11.2 Å². The van der Waals surface area contributed by atoms with Gasteiger partial charge in [-0.15, -0.1) is 0 Å². The summed E-state index contributed by atoms with van der Waals surface area (Å²) in [6.07, 6.45) is 0. The molecule has 0 bridgehead atoms. The molecule has 1 fully saturated rings. The molecule has 0 spiro atoms. The van der Waals surface area contributed by atoms with Gasteiger partial charge in [0.25, 0.3) is 0 Å². The normalized spacial score (nSPS) is 32.2. The Hall–Kier alpha value is 0.137. The van der Waals surface area contributed by atoms with Crippen LogP contribution in [0.4, 0.5) is 0 Å². The molecule has 0 aromatic rings. The Morgan fingerprint density at radius 3 is 1.18 bits per heavy atom. The Labute approximate surface area is 70.1 Å². The van der Waals surface area contributed by atoms with E-state index < -0.39 is 8.56 Å². The summed E-state index contributed by atoms with van der Waals surface area (Å²) in [4.78, 5) is 0. The second kappa shape index (κ2) is 2.09. The van der Waals surface area contributed by atoms with Crippen LogP contribution >= 0.6 is 0 Å². The molecule has 0 aromatic heterocycles. The third kappa shape index (κ3) is 1.50. The first-order valence-corrected chi connectivity index (χ1v) is 6.88. The second-order valence-corrected chi connectivity index (χ2v) is 7.83. The lowest BCUT2D eigenvalue weighted by Gasteiger charge is -2.31. The van der Waals surface area contributed by atoms with Crippen molar-refractivity contribution in [3.05, 3.63) is 0 Å². The first-order chi connectivity index (χ1) is 4.66. The number of rotatable bonds is 0. The zero-order chi connectivity index (χ0) is 8.91. The van der Waals surface area contributed by atoms with Gasteiger partial charge >= 0.3 is 8.56 Å². The van der Waals surface area contributed by atoms with Crippen molar-refractivity contribution < 1.29 is 8.85 Å². The Morgan fingerprint density at radius 2 is 1.09 bits per heavy atom. The summed E-state index contributed by atoms with van der Waals surface area (Å²) in [5.41, 5.74) is -0.272. The van der Waals surface area contributed by atoms with Gasteiger partial charge in [-0.05, 0) is 40.8 Å². The predicted molar refractivity (Wildman–Crippen MR) is 47.8 cm³/mol. The maximum absolute atomic E-state index is 5.87. The van der Waals surface area contributed by atoms with Crippen molar-refractivity contribution >= 4 is 8.56 Å². The third-order valence-electron chi connectivity index (χ3n) is 2.45. The first-order valence-electron chi connectivity index (χ1n) is 4.07. The molecule has 0 amide bonds. The Morgan fingerprint density at radius 1 is 0.818 bits per heavy atom. The van der Waals surface area contributed by atoms with E-state index in [9.17, 15) is 0 Å². The van der Waals surface area contributed by atoms with Crippen molar-refractivity contribution in [1.29, 1.82) is 0 Å². The molecule has 0 atom stereocenters. The highest BCUT2D eigenvalue weighted by Crippen LogP contribution is 2.41. The fourth-order valence-electron chi connectivity index (χ4n) is 1.50. The van der Waals surface area contributed by atoms with Crippen LogP contribution in [0.3, 0.4) is 0 Å². The SMILES string of the molecule is CC1(C)O[Si](C)(C)OC1(C)C. The van der Waals surface area contributed by atoms with Gasteiger partial charge in [-0.25, -0.2) is 0 Å². The summed E-state index contributed by atoms with van der Waals surface area (Å²) in [5.74, 6) is 0.